The van der Waals surface area contributed by atoms with E-state index in [1.807, 2.05) is 0 Å². The Morgan fingerprint density at radius 2 is 1.88 bits per heavy atom. The van der Waals surface area contributed by atoms with Gasteiger partial charge < -0.3 is 10.6 Å². The standard InChI is InChI=1S/C15H12F5N5O/c1-8-11(16)2-3-12(13(8)17)22-6-10(25-21)7-26-14-23-4-9(5-24-14)15(18,19)20/h2-6H,7,21H2,1H3. The summed E-state index contributed by atoms with van der Waals surface area (Å²) in [7, 11) is 0. The number of hydrogen-bond acceptors (Lipinski definition) is 6. The second-order valence-electron chi connectivity index (χ2n) is 4.92. The lowest BCUT2D eigenvalue weighted by Crippen LogP contribution is -2.16. The van der Waals surface area contributed by atoms with E-state index in [-0.39, 0.29) is 29.6 Å². The maximum absolute atomic E-state index is 13.8. The number of rotatable bonds is 5. The molecule has 0 fully saturated rings. The van der Waals surface area contributed by atoms with Gasteiger partial charge in [0.2, 0.25) is 0 Å². The number of aromatic nitrogens is 2. The Balaban J connectivity index is 2.03. The van der Waals surface area contributed by atoms with Crippen molar-refractivity contribution in [2.75, 3.05) is 6.61 Å². The van der Waals surface area contributed by atoms with Gasteiger partial charge in [0.05, 0.1) is 17.5 Å². The van der Waals surface area contributed by atoms with E-state index < -0.39 is 23.4 Å². The summed E-state index contributed by atoms with van der Waals surface area (Å²) in [6, 6.07) is 1.84. The van der Waals surface area contributed by atoms with Crippen LogP contribution in [0.15, 0.2) is 34.6 Å². The second kappa shape index (κ2) is 7.85. The van der Waals surface area contributed by atoms with E-state index in [1.54, 1.807) is 0 Å². The molecule has 0 unspecified atom stereocenters. The van der Waals surface area contributed by atoms with Crippen LogP contribution in [0.2, 0.25) is 0 Å². The molecule has 0 aliphatic heterocycles. The Kier molecular flexibility index (Phi) is 5.80. The summed E-state index contributed by atoms with van der Waals surface area (Å²) in [6.45, 7) is 0.930. The summed E-state index contributed by atoms with van der Waals surface area (Å²) in [5, 5.41) is 3.35. The number of ether oxygens (including phenoxy) is 1. The van der Waals surface area contributed by atoms with Crippen molar-refractivity contribution in [2.45, 2.75) is 13.1 Å². The second-order valence-corrected chi connectivity index (χ2v) is 4.92. The maximum atomic E-state index is 13.8. The topological polar surface area (TPSA) is 85.8 Å². The van der Waals surface area contributed by atoms with Gasteiger partial charge in [0.15, 0.2) is 5.82 Å². The van der Waals surface area contributed by atoms with Crippen LogP contribution in [0.25, 0.3) is 0 Å². The monoisotopic (exact) mass is 373 g/mol. The highest BCUT2D eigenvalue weighted by Crippen LogP contribution is 2.28. The minimum atomic E-state index is -4.56. The van der Waals surface area contributed by atoms with Gasteiger partial charge in [-0.25, -0.2) is 18.7 Å². The van der Waals surface area contributed by atoms with Crippen LogP contribution in [0.3, 0.4) is 0 Å². The van der Waals surface area contributed by atoms with Gasteiger partial charge in [-0.1, -0.05) is 0 Å². The maximum Gasteiger partial charge on any atom is 0.419 e. The number of halogens is 5. The van der Waals surface area contributed by atoms with Gasteiger partial charge >= 0.3 is 12.2 Å². The third kappa shape index (κ3) is 4.71. The molecule has 1 heterocycles. The molecule has 0 atom stereocenters. The summed E-state index contributed by atoms with van der Waals surface area (Å²) in [4.78, 5) is 10.6. The van der Waals surface area contributed by atoms with Crippen LogP contribution >= 0.6 is 0 Å². The molecule has 0 aliphatic carbocycles. The predicted octanol–water partition coefficient (Wildman–Crippen LogP) is 3.18. The van der Waals surface area contributed by atoms with Crippen molar-refractivity contribution >= 4 is 17.6 Å². The minimum absolute atomic E-state index is 0.0230. The molecule has 0 amide bonds. The van der Waals surface area contributed by atoms with E-state index in [4.69, 9.17) is 10.6 Å². The number of benzene rings is 1. The van der Waals surface area contributed by atoms with Crippen molar-refractivity contribution in [1.29, 1.82) is 0 Å². The van der Waals surface area contributed by atoms with Crippen LogP contribution in [0.4, 0.5) is 27.6 Å². The molecule has 0 radical (unpaired) electrons. The number of alkyl halides is 3. The average Bonchev–Trinajstić information content (AvgIpc) is 2.61. The van der Waals surface area contributed by atoms with Crippen LogP contribution in [0.5, 0.6) is 6.01 Å². The SMILES string of the molecule is Cc1c(F)ccc(N=CC(COc2ncc(C(F)(F)F)cn2)=NN)c1F. The fourth-order valence-corrected chi connectivity index (χ4v) is 1.67. The summed E-state index contributed by atoms with van der Waals surface area (Å²) in [5.41, 5.74) is -1.34. The molecule has 2 aromatic rings. The molecule has 2 N–H and O–H groups in total. The Bertz CT molecular complexity index is 834. The summed E-state index contributed by atoms with van der Waals surface area (Å²) in [5.74, 6) is 3.59. The molecular formula is C15H12F5N5O. The highest BCUT2D eigenvalue weighted by molar-refractivity contribution is 6.31. The lowest BCUT2D eigenvalue weighted by molar-refractivity contribution is -0.138. The van der Waals surface area contributed by atoms with Crippen molar-refractivity contribution in [2.24, 2.45) is 15.9 Å². The minimum Gasteiger partial charge on any atom is -0.457 e. The molecule has 11 heteroatoms. The molecule has 1 aromatic heterocycles. The van der Waals surface area contributed by atoms with Gasteiger partial charge in [0.1, 0.15) is 18.1 Å². The Labute approximate surface area is 144 Å². The van der Waals surface area contributed by atoms with Gasteiger partial charge in [-0.05, 0) is 19.1 Å². The summed E-state index contributed by atoms with van der Waals surface area (Å²) < 4.78 is 69.3. The molecule has 0 saturated carbocycles. The van der Waals surface area contributed by atoms with Crippen LogP contribution in [0.1, 0.15) is 11.1 Å². The van der Waals surface area contributed by atoms with Crippen molar-refractivity contribution < 1.29 is 26.7 Å². The number of nitrogens with two attached hydrogens (primary N) is 1. The van der Waals surface area contributed by atoms with Gasteiger partial charge in [-0.15, -0.1) is 0 Å². The molecule has 6 nitrogen and oxygen atoms in total. The van der Waals surface area contributed by atoms with Crippen LogP contribution in [-0.4, -0.2) is 28.5 Å². The fraction of sp³-hybridized carbons (Fsp3) is 0.200. The van der Waals surface area contributed by atoms with Gasteiger partial charge in [0, 0.05) is 18.0 Å². The lowest BCUT2D eigenvalue weighted by Gasteiger charge is -2.07. The smallest absolute Gasteiger partial charge is 0.419 e. The Hall–Kier alpha value is -3.11. The van der Waals surface area contributed by atoms with E-state index in [0.29, 0.717) is 12.4 Å². The number of nitrogens with zero attached hydrogens (tertiary/aromatic N) is 4. The van der Waals surface area contributed by atoms with Crippen LogP contribution in [0, 0.1) is 18.6 Å². The molecule has 1 aromatic carbocycles. The molecule has 0 aliphatic rings. The van der Waals surface area contributed by atoms with Crippen LogP contribution < -0.4 is 10.6 Å². The van der Waals surface area contributed by atoms with E-state index in [1.165, 1.54) is 6.92 Å². The van der Waals surface area contributed by atoms with Crippen LogP contribution in [-0.2, 0) is 6.18 Å². The number of aliphatic imine (C=N–C) groups is 1. The molecule has 0 bridgehead atoms. The molecule has 2 rings (SSSR count). The third-order valence-corrected chi connectivity index (χ3v) is 3.12. The van der Waals surface area contributed by atoms with Crippen molar-refractivity contribution in [3.8, 4) is 6.01 Å². The largest absolute Gasteiger partial charge is 0.457 e. The first-order chi connectivity index (χ1) is 12.2. The fourth-order valence-electron chi connectivity index (χ4n) is 1.67. The molecule has 0 saturated heterocycles. The molecular weight excluding hydrogens is 361 g/mol. The third-order valence-electron chi connectivity index (χ3n) is 3.12. The van der Waals surface area contributed by atoms with E-state index >= 15 is 0 Å². The van der Waals surface area contributed by atoms with Crippen molar-refractivity contribution in [1.82, 2.24) is 9.97 Å². The van der Waals surface area contributed by atoms with Gasteiger partial charge in [-0.2, -0.15) is 18.3 Å². The average molecular weight is 373 g/mol. The van der Waals surface area contributed by atoms with Crippen molar-refractivity contribution in [3.63, 3.8) is 0 Å². The van der Waals surface area contributed by atoms with E-state index in [9.17, 15) is 22.0 Å². The number of hydrogen-bond donors (Lipinski definition) is 1. The van der Waals surface area contributed by atoms with E-state index in [2.05, 4.69) is 20.1 Å². The first kappa shape index (κ1) is 19.2. The first-order valence-electron chi connectivity index (χ1n) is 7.00. The van der Waals surface area contributed by atoms with Gasteiger partial charge in [0.25, 0.3) is 0 Å². The number of hydrazone groups is 1. The summed E-state index contributed by atoms with van der Waals surface area (Å²) in [6.07, 6.45) is -2.37. The van der Waals surface area contributed by atoms with Crippen molar-refractivity contribution in [3.05, 3.63) is 47.3 Å². The molecule has 0 spiro atoms. The zero-order valence-electron chi connectivity index (χ0n) is 13.3. The molecule has 138 valence electrons. The summed E-state index contributed by atoms with van der Waals surface area (Å²) >= 11 is 0. The zero-order valence-corrected chi connectivity index (χ0v) is 13.3. The zero-order chi connectivity index (χ0) is 19.3. The quantitative estimate of drug-likeness (QED) is 0.378. The lowest BCUT2D eigenvalue weighted by atomic mass is 10.2. The Morgan fingerprint density at radius 1 is 1.23 bits per heavy atom. The normalized spacial score (nSPS) is 12.6. The highest BCUT2D eigenvalue weighted by Gasteiger charge is 2.31. The highest BCUT2D eigenvalue weighted by atomic mass is 19.4. The predicted molar refractivity (Wildman–Crippen MR) is 83.4 cm³/mol. The molecule has 26 heavy (non-hydrogen) atoms. The van der Waals surface area contributed by atoms with Gasteiger partial charge in [-0.3, -0.25) is 4.99 Å². The Morgan fingerprint density at radius 3 is 2.46 bits per heavy atom. The first-order valence-corrected chi connectivity index (χ1v) is 7.00. The van der Waals surface area contributed by atoms with E-state index in [0.717, 1.165) is 18.3 Å².